The Balaban J connectivity index is 1.91. The highest BCUT2D eigenvalue weighted by Crippen LogP contribution is 2.19. The number of halogens is 1. The number of tetrazole rings is 1. The minimum Gasteiger partial charge on any atom is -0.497 e. The lowest BCUT2D eigenvalue weighted by atomic mass is 10.2. The molecule has 1 aromatic heterocycles. The van der Waals surface area contributed by atoms with Crippen molar-refractivity contribution in [1.82, 2.24) is 20.2 Å². The molecule has 0 radical (unpaired) electrons. The molecule has 0 aliphatic carbocycles. The fourth-order valence-corrected chi connectivity index (χ4v) is 2.02. The van der Waals surface area contributed by atoms with E-state index in [2.05, 4.69) is 31.3 Å². The van der Waals surface area contributed by atoms with Crippen molar-refractivity contribution in [2.24, 2.45) is 0 Å². The van der Waals surface area contributed by atoms with Crippen LogP contribution in [-0.2, 0) is 0 Å². The molecule has 5 nitrogen and oxygen atoms in total. The Morgan fingerprint density at radius 3 is 2.35 bits per heavy atom. The van der Waals surface area contributed by atoms with Gasteiger partial charge in [-0.2, -0.15) is 0 Å². The second-order valence-corrected chi connectivity index (χ2v) is 5.02. The fourth-order valence-electron chi connectivity index (χ4n) is 1.75. The van der Waals surface area contributed by atoms with Crippen LogP contribution in [0.15, 0.2) is 53.0 Å². The van der Waals surface area contributed by atoms with E-state index in [1.807, 2.05) is 48.5 Å². The van der Waals surface area contributed by atoms with Crippen molar-refractivity contribution < 1.29 is 4.74 Å². The highest BCUT2D eigenvalue weighted by molar-refractivity contribution is 9.10. The minimum absolute atomic E-state index is 0.591. The molecule has 100 valence electrons. The van der Waals surface area contributed by atoms with Gasteiger partial charge in [-0.25, -0.2) is 0 Å². The Bertz CT molecular complexity index is 707. The third kappa shape index (κ3) is 2.55. The van der Waals surface area contributed by atoms with Gasteiger partial charge in [-0.3, -0.25) is 0 Å². The van der Waals surface area contributed by atoms with Crippen LogP contribution in [0.1, 0.15) is 0 Å². The lowest BCUT2D eigenvalue weighted by molar-refractivity contribution is 0.414. The molecule has 0 bridgehead atoms. The molecule has 0 amide bonds. The number of rotatable bonds is 3. The molecule has 1 heterocycles. The van der Waals surface area contributed by atoms with Crippen molar-refractivity contribution >= 4 is 15.9 Å². The van der Waals surface area contributed by atoms with E-state index in [-0.39, 0.29) is 0 Å². The maximum atomic E-state index is 5.12. The third-order valence-corrected chi connectivity index (χ3v) is 3.35. The molecule has 3 aromatic rings. The van der Waals surface area contributed by atoms with Gasteiger partial charge in [-0.15, -0.1) is 15.0 Å². The van der Waals surface area contributed by atoms with Crippen LogP contribution >= 0.6 is 15.9 Å². The van der Waals surface area contributed by atoms with Gasteiger partial charge in [0, 0.05) is 10.0 Å². The van der Waals surface area contributed by atoms with Gasteiger partial charge < -0.3 is 4.74 Å². The highest BCUT2D eigenvalue weighted by atomic mass is 79.9. The molecule has 20 heavy (non-hydrogen) atoms. The molecule has 0 unspecified atom stereocenters. The molecule has 0 fully saturated rings. The first-order valence-corrected chi connectivity index (χ1v) is 6.76. The molecular formula is C14H11BrN4O. The molecule has 2 aromatic carbocycles. The number of hydrogen-bond acceptors (Lipinski definition) is 4. The van der Waals surface area contributed by atoms with Crippen LogP contribution in [0.3, 0.4) is 0 Å². The zero-order chi connectivity index (χ0) is 13.9. The normalized spacial score (nSPS) is 10.5. The van der Waals surface area contributed by atoms with E-state index >= 15 is 0 Å². The van der Waals surface area contributed by atoms with Crippen LogP contribution in [0.2, 0.25) is 0 Å². The standard InChI is InChI=1S/C14H11BrN4O/c1-20-13-8-6-12(7-9-13)19-17-14(16-18-19)10-2-4-11(15)5-3-10/h2-9H,1H3. The van der Waals surface area contributed by atoms with E-state index in [0.717, 1.165) is 21.5 Å². The van der Waals surface area contributed by atoms with Gasteiger partial charge in [-0.1, -0.05) is 15.9 Å². The molecule has 6 heteroatoms. The van der Waals surface area contributed by atoms with E-state index < -0.39 is 0 Å². The average molecular weight is 331 g/mol. The van der Waals surface area contributed by atoms with Crippen LogP contribution in [-0.4, -0.2) is 27.3 Å². The summed E-state index contributed by atoms with van der Waals surface area (Å²) in [4.78, 5) is 1.50. The lowest BCUT2D eigenvalue weighted by Gasteiger charge is -2.01. The van der Waals surface area contributed by atoms with Gasteiger partial charge >= 0.3 is 0 Å². The van der Waals surface area contributed by atoms with Gasteiger partial charge in [0.1, 0.15) is 5.75 Å². The monoisotopic (exact) mass is 330 g/mol. The Morgan fingerprint density at radius 2 is 1.70 bits per heavy atom. The van der Waals surface area contributed by atoms with Gasteiger partial charge in [0.2, 0.25) is 5.82 Å². The molecule has 0 spiro atoms. The minimum atomic E-state index is 0.591. The van der Waals surface area contributed by atoms with Gasteiger partial charge in [0.05, 0.1) is 12.8 Å². The quantitative estimate of drug-likeness (QED) is 0.740. The van der Waals surface area contributed by atoms with Gasteiger partial charge in [0.25, 0.3) is 0 Å². The van der Waals surface area contributed by atoms with Crippen molar-refractivity contribution in [2.75, 3.05) is 7.11 Å². The zero-order valence-electron chi connectivity index (χ0n) is 10.7. The van der Waals surface area contributed by atoms with Crippen LogP contribution in [0, 0.1) is 0 Å². The SMILES string of the molecule is COc1ccc(-n2nnc(-c3ccc(Br)cc3)n2)cc1. The van der Waals surface area contributed by atoms with E-state index in [0.29, 0.717) is 5.82 Å². The predicted octanol–water partition coefficient (Wildman–Crippen LogP) is 3.10. The molecule has 0 aliphatic rings. The lowest BCUT2D eigenvalue weighted by Crippen LogP contribution is -1.98. The molecule has 0 atom stereocenters. The van der Waals surface area contributed by atoms with Crippen molar-refractivity contribution in [1.29, 1.82) is 0 Å². The Hall–Kier alpha value is -2.21. The number of hydrogen-bond donors (Lipinski definition) is 0. The third-order valence-electron chi connectivity index (χ3n) is 2.82. The first kappa shape index (κ1) is 12.8. The maximum absolute atomic E-state index is 5.12. The summed E-state index contributed by atoms with van der Waals surface area (Å²) in [7, 11) is 1.63. The zero-order valence-corrected chi connectivity index (χ0v) is 12.3. The first-order valence-electron chi connectivity index (χ1n) is 5.96. The smallest absolute Gasteiger partial charge is 0.205 e. The van der Waals surface area contributed by atoms with Gasteiger partial charge in [-0.05, 0) is 53.7 Å². The van der Waals surface area contributed by atoms with Crippen molar-refractivity contribution in [2.45, 2.75) is 0 Å². The van der Waals surface area contributed by atoms with Crippen LogP contribution in [0.25, 0.3) is 17.1 Å². The Morgan fingerprint density at radius 1 is 1.00 bits per heavy atom. The topological polar surface area (TPSA) is 52.8 Å². The predicted molar refractivity (Wildman–Crippen MR) is 78.8 cm³/mol. The van der Waals surface area contributed by atoms with Crippen molar-refractivity contribution in [3.05, 3.63) is 53.0 Å². The van der Waals surface area contributed by atoms with E-state index in [4.69, 9.17) is 4.74 Å². The Kier molecular flexibility index (Phi) is 3.47. The number of methoxy groups -OCH3 is 1. The first-order chi connectivity index (χ1) is 9.76. The van der Waals surface area contributed by atoms with Crippen LogP contribution < -0.4 is 4.74 Å². The Labute approximate surface area is 124 Å². The molecule has 0 saturated heterocycles. The second-order valence-electron chi connectivity index (χ2n) is 4.11. The van der Waals surface area contributed by atoms with E-state index in [9.17, 15) is 0 Å². The number of aromatic nitrogens is 4. The molecule has 0 saturated carbocycles. The molecule has 3 rings (SSSR count). The number of ether oxygens (including phenoxy) is 1. The second kappa shape index (κ2) is 5.42. The summed E-state index contributed by atoms with van der Waals surface area (Å²) in [6.07, 6.45) is 0. The molecule has 0 aliphatic heterocycles. The van der Waals surface area contributed by atoms with E-state index in [1.165, 1.54) is 4.80 Å². The van der Waals surface area contributed by atoms with Crippen molar-refractivity contribution in [3.63, 3.8) is 0 Å². The fraction of sp³-hybridized carbons (Fsp3) is 0.0714. The van der Waals surface area contributed by atoms with Crippen LogP contribution in [0.5, 0.6) is 5.75 Å². The van der Waals surface area contributed by atoms with Gasteiger partial charge in [0.15, 0.2) is 0 Å². The largest absolute Gasteiger partial charge is 0.497 e. The van der Waals surface area contributed by atoms with E-state index in [1.54, 1.807) is 7.11 Å². The summed E-state index contributed by atoms with van der Waals surface area (Å²) in [5.41, 5.74) is 1.76. The van der Waals surface area contributed by atoms with Crippen molar-refractivity contribution in [3.8, 4) is 22.8 Å². The maximum Gasteiger partial charge on any atom is 0.205 e. The number of nitrogens with zero attached hydrogens (tertiary/aromatic N) is 4. The summed E-state index contributed by atoms with van der Waals surface area (Å²) in [6, 6.07) is 15.3. The summed E-state index contributed by atoms with van der Waals surface area (Å²) < 4.78 is 6.14. The summed E-state index contributed by atoms with van der Waals surface area (Å²) in [5.74, 6) is 1.38. The summed E-state index contributed by atoms with van der Waals surface area (Å²) >= 11 is 3.40. The average Bonchev–Trinajstić information content (AvgIpc) is 2.98. The summed E-state index contributed by atoms with van der Waals surface area (Å²) in [5, 5.41) is 12.5. The number of benzene rings is 2. The highest BCUT2D eigenvalue weighted by Gasteiger charge is 2.07. The summed E-state index contributed by atoms with van der Waals surface area (Å²) in [6.45, 7) is 0. The van der Waals surface area contributed by atoms with Crippen LogP contribution in [0.4, 0.5) is 0 Å². The molecular weight excluding hydrogens is 320 g/mol. The molecule has 0 N–H and O–H groups in total.